The Morgan fingerprint density at radius 1 is 1.33 bits per heavy atom. The van der Waals surface area contributed by atoms with Crippen molar-refractivity contribution >= 4 is 11.9 Å². The molecule has 0 fully saturated rings. The summed E-state index contributed by atoms with van der Waals surface area (Å²) in [5.74, 6) is -0.645. The highest BCUT2D eigenvalue weighted by molar-refractivity contribution is 5.99. The van der Waals surface area contributed by atoms with Crippen molar-refractivity contribution in [2.75, 3.05) is 40.0 Å². The number of carbonyl (C=O) groups excluding carboxylic acids is 1. The number of amides is 1. The number of carbonyl (C=O) groups is 2. The van der Waals surface area contributed by atoms with Gasteiger partial charge in [-0.25, -0.2) is 0 Å². The van der Waals surface area contributed by atoms with Crippen LogP contribution >= 0.6 is 0 Å². The van der Waals surface area contributed by atoms with Crippen LogP contribution in [0.15, 0.2) is 18.2 Å². The number of ether oxygens (including phenoxy) is 3. The Hall–Kier alpha value is -2.28. The zero-order valence-corrected chi connectivity index (χ0v) is 11.7. The molecule has 1 N–H and O–H groups in total. The number of nitrogens with zero attached hydrogens (tertiary/aromatic N) is 1. The molecule has 0 radical (unpaired) electrons. The van der Waals surface area contributed by atoms with E-state index in [1.54, 1.807) is 18.2 Å². The van der Waals surface area contributed by atoms with Gasteiger partial charge in [0.2, 0.25) is 0 Å². The molecule has 1 amide bonds. The molecule has 1 aliphatic heterocycles. The lowest BCUT2D eigenvalue weighted by atomic mass is 10.1. The van der Waals surface area contributed by atoms with Crippen LogP contribution < -0.4 is 9.47 Å². The van der Waals surface area contributed by atoms with Crippen molar-refractivity contribution in [3.63, 3.8) is 0 Å². The largest absolute Gasteiger partial charge is 0.486 e. The molecule has 21 heavy (non-hydrogen) atoms. The standard InChI is InChI=1S/C14H17NO6/c1-19-6-5-15(9-12(16)17)14(18)10-3-2-4-11-13(10)21-8-7-20-11/h2-4H,5-9H2,1H3,(H,16,17). The first-order valence-electron chi connectivity index (χ1n) is 6.52. The molecule has 0 spiro atoms. The minimum absolute atomic E-state index is 0.187. The number of rotatable bonds is 6. The molecule has 0 bridgehead atoms. The maximum absolute atomic E-state index is 12.5. The molecule has 114 valence electrons. The zero-order chi connectivity index (χ0) is 15.2. The third kappa shape index (κ3) is 3.63. The van der Waals surface area contributed by atoms with E-state index in [4.69, 9.17) is 19.3 Å². The van der Waals surface area contributed by atoms with Gasteiger partial charge in [-0.05, 0) is 12.1 Å². The van der Waals surface area contributed by atoms with Crippen molar-refractivity contribution in [2.24, 2.45) is 0 Å². The van der Waals surface area contributed by atoms with Crippen molar-refractivity contribution < 1.29 is 28.9 Å². The van der Waals surface area contributed by atoms with E-state index in [2.05, 4.69) is 0 Å². The Kier molecular flexibility index (Phi) is 4.99. The van der Waals surface area contributed by atoms with E-state index in [-0.39, 0.29) is 13.2 Å². The van der Waals surface area contributed by atoms with Gasteiger partial charge in [0.05, 0.1) is 12.2 Å². The number of hydrogen-bond acceptors (Lipinski definition) is 5. The Labute approximate surface area is 122 Å². The van der Waals surface area contributed by atoms with Crippen LogP contribution in [-0.2, 0) is 9.53 Å². The normalized spacial score (nSPS) is 12.8. The number of fused-ring (bicyclic) bond motifs is 1. The Balaban J connectivity index is 2.25. The summed E-state index contributed by atoms with van der Waals surface area (Å²) in [6.45, 7) is 0.825. The topological polar surface area (TPSA) is 85.3 Å². The molecule has 0 saturated heterocycles. The van der Waals surface area contributed by atoms with Gasteiger partial charge in [-0.3, -0.25) is 9.59 Å². The van der Waals surface area contributed by atoms with Crippen LogP contribution in [0.4, 0.5) is 0 Å². The second-order valence-corrected chi connectivity index (χ2v) is 4.44. The summed E-state index contributed by atoms with van der Waals surface area (Å²) in [5.41, 5.74) is 0.296. The summed E-state index contributed by atoms with van der Waals surface area (Å²) in [7, 11) is 1.49. The summed E-state index contributed by atoms with van der Waals surface area (Å²) in [5, 5.41) is 8.93. The molecule has 0 saturated carbocycles. The van der Waals surface area contributed by atoms with Crippen molar-refractivity contribution in [2.45, 2.75) is 0 Å². The smallest absolute Gasteiger partial charge is 0.323 e. The molecule has 0 unspecified atom stereocenters. The number of aliphatic carboxylic acids is 1. The first-order valence-corrected chi connectivity index (χ1v) is 6.52. The fourth-order valence-electron chi connectivity index (χ4n) is 2.03. The summed E-state index contributed by atoms with van der Waals surface area (Å²) in [6, 6.07) is 4.98. The minimum atomic E-state index is -1.08. The minimum Gasteiger partial charge on any atom is -0.486 e. The highest BCUT2D eigenvalue weighted by atomic mass is 16.6. The molecule has 1 aromatic carbocycles. The quantitative estimate of drug-likeness (QED) is 0.828. The van der Waals surface area contributed by atoms with E-state index in [0.717, 1.165) is 0 Å². The molecular formula is C14H17NO6. The SMILES string of the molecule is COCCN(CC(=O)O)C(=O)c1cccc2c1OCCO2. The third-order valence-corrected chi connectivity index (χ3v) is 2.98. The van der Waals surface area contributed by atoms with Gasteiger partial charge in [0.15, 0.2) is 11.5 Å². The van der Waals surface area contributed by atoms with Crippen molar-refractivity contribution in [3.8, 4) is 11.5 Å². The van der Waals surface area contributed by atoms with Gasteiger partial charge in [0.1, 0.15) is 19.8 Å². The number of carboxylic acids is 1. The van der Waals surface area contributed by atoms with Crippen LogP contribution in [0.5, 0.6) is 11.5 Å². The van der Waals surface area contributed by atoms with Crippen LogP contribution in [0.1, 0.15) is 10.4 Å². The second-order valence-electron chi connectivity index (χ2n) is 4.44. The van der Waals surface area contributed by atoms with E-state index in [9.17, 15) is 9.59 Å². The number of carboxylic acid groups (broad SMARTS) is 1. The van der Waals surface area contributed by atoms with E-state index >= 15 is 0 Å². The van der Waals surface area contributed by atoms with Gasteiger partial charge >= 0.3 is 5.97 Å². The highest BCUT2D eigenvalue weighted by Gasteiger charge is 2.25. The molecule has 0 aliphatic carbocycles. The molecule has 1 heterocycles. The Morgan fingerprint density at radius 2 is 2.10 bits per heavy atom. The van der Waals surface area contributed by atoms with Gasteiger partial charge in [-0.1, -0.05) is 6.07 Å². The summed E-state index contributed by atoms with van der Waals surface area (Å²) >= 11 is 0. The average molecular weight is 295 g/mol. The maximum atomic E-state index is 12.5. The molecule has 1 aromatic rings. The summed E-state index contributed by atoms with van der Waals surface area (Å²) in [6.07, 6.45) is 0. The van der Waals surface area contributed by atoms with Crippen molar-refractivity contribution in [1.29, 1.82) is 0 Å². The van der Waals surface area contributed by atoms with Crippen molar-refractivity contribution in [3.05, 3.63) is 23.8 Å². The molecule has 0 atom stereocenters. The van der Waals surface area contributed by atoms with Crippen LogP contribution in [0.2, 0.25) is 0 Å². The molecule has 7 heteroatoms. The average Bonchev–Trinajstić information content (AvgIpc) is 2.50. The van der Waals surface area contributed by atoms with Gasteiger partial charge in [-0.2, -0.15) is 0 Å². The van der Waals surface area contributed by atoms with E-state index in [0.29, 0.717) is 30.3 Å². The van der Waals surface area contributed by atoms with E-state index in [1.807, 2.05) is 0 Å². The first-order chi connectivity index (χ1) is 10.1. The second kappa shape index (κ2) is 6.94. The summed E-state index contributed by atoms with van der Waals surface area (Å²) in [4.78, 5) is 24.6. The predicted octanol–water partition coefficient (Wildman–Crippen LogP) is 0.631. The maximum Gasteiger partial charge on any atom is 0.323 e. The van der Waals surface area contributed by atoms with E-state index in [1.165, 1.54) is 12.0 Å². The van der Waals surface area contributed by atoms with Gasteiger partial charge in [0.25, 0.3) is 5.91 Å². The lowest BCUT2D eigenvalue weighted by Gasteiger charge is -2.24. The van der Waals surface area contributed by atoms with Crippen LogP contribution in [0.25, 0.3) is 0 Å². The molecule has 2 rings (SSSR count). The van der Waals surface area contributed by atoms with Gasteiger partial charge in [0, 0.05) is 13.7 Å². The Bertz CT molecular complexity index is 530. The highest BCUT2D eigenvalue weighted by Crippen LogP contribution is 2.34. The fourth-order valence-corrected chi connectivity index (χ4v) is 2.03. The number of para-hydroxylation sites is 1. The van der Waals surface area contributed by atoms with Gasteiger partial charge < -0.3 is 24.2 Å². The predicted molar refractivity (Wildman–Crippen MR) is 72.8 cm³/mol. The lowest BCUT2D eigenvalue weighted by molar-refractivity contribution is -0.137. The van der Waals surface area contributed by atoms with Crippen LogP contribution in [0, 0.1) is 0 Å². The number of hydrogen-bond donors (Lipinski definition) is 1. The molecule has 1 aliphatic rings. The molecular weight excluding hydrogens is 278 g/mol. The lowest BCUT2D eigenvalue weighted by Crippen LogP contribution is -2.38. The molecule has 0 aromatic heterocycles. The summed E-state index contributed by atoms with van der Waals surface area (Å²) < 4.78 is 15.8. The third-order valence-electron chi connectivity index (χ3n) is 2.98. The number of methoxy groups -OCH3 is 1. The van der Waals surface area contributed by atoms with Crippen molar-refractivity contribution in [1.82, 2.24) is 4.90 Å². The van der Waals surface area contributed by atoms with Crippen LogP contribution in [0.3, 0.4) is 0 Å². The first kappa shape index (κ1) is 15.1. The fraction of sp³-hybridized carbons (Fsp3) is 0.429. The van der Waals surface area contributed by atoms with Gasteiger partial charge in [-0.15, -0.1) is 0 Å². The number of benzene rings is 1. The monoisotopic (exact) mass is 295 g/mol. The Morgan fingerprint density at radius 3 is 2.81 bits per heavy atom. The van der Waals surface area contributed by atoms with E-state index < -0.39 is 18.4 Å². The van der Waals surface area contributed by atoms with Crippen LogP contribution in [-0.4, -0.2) is 61.9 Å². The zero-order valence-electron chi connectivity index (χ0n) is 11.7. The molecule has 7 nitrogen and oxygen atoms in total.